The molecule has 3 aromatic rings. The largest absolute Gasteiger partial charge is 0.507 e. The molecule has 174 valence electrons. The number of aryl methyl sites for hydroxylation is 2. The van der Waals surface area contributed by atoms with Gasteiger partial charge in [0.2, 0.25) is 0 Å². The number of nitrogens with zero attached hydrogens (tertiary/aromatic N) is 4. The van der Waals surface area contributed by atoms with E-state index in [9.17, 15) is 29.2 Å². The van der Waals surface area contributed by atoms with Gasteiger partial charge in [-0.3, -0.25) is 19.7 Å². The predicted octanol–water partition coefficient (Wildman–Crippen LogP) is 3.75. The number of aliphatic hydroxyl groups excluding tert-OH is 1. The average molecular weight is 464 g/mol. The second-order valence-electron chi connectivity index (χ2n) is 7.96. The van der Waals surface area contributed by atoms with Gasteiger partial charge in [-0.05, 0) is 30.5 Å². The van der Waals surface area contributed by atoms with Crippen molar-refractivity contribution in [3.8, 4) is 0 Å². The summed E-state index contributed by atoms with van der Waals surface area (Å²) in [5, 5.41) is 22.3. The van der Waals surface area contributed by atoms with Crippen molar-refractivity contribution < 1.29 is 24.0 Å². The van der Waals surface area contributed by atoms with E-state index < -0.39 is 34.2 Å². The molecule has 10 heteroatoms. The van der Waals surface area contributed by atoms with E-state index in [0.717, 1.165) is 6.07 Å². The van der Waals surface area contributed by atoms with Crippen molar-refractivity contribution in [1.82, 2.24) is 14.5 Å². The number of aliphatic hydroxyl groups is 1. The molecule has 1 atom stereocenters. The summed E-state index contributed by atoms with van der Waals surface area (Å²) in [5.74, 6) is -2.88. The third-order valence-corrected chi connectivity index (χ3v) is 5.76. The number of hydrogen-bond donors (Lipinski definition) is 1. The number of Topliss-reactive ketones (excluding diaryl/α,β-unsaturated/α-hetero) is 1. The van der Waals surface area contributed by atoms with Crippen LogP contribution in [0.25, 0.3) is 5.76 Å². The molecule has 0 saturated carbocycles. The maximum Gasteiger partial charge on any atom is 0.295 e. The van der Waals surface area contributed by atoms with E-state index in [0.29, 0.717) is 24.1 Å². The highest BCUT2D eigenvalue weighted by atomic mass is 19.1. The monoisotopic (exact) mass is 464 g/mol. The molecule has 9 nitrogen and oxygen atoms in total. The fraction of sp³-hybridized carbons (Fsp3) is 0.208. The number of imidazole rings is 1. The molecule has 1 amide bonds. The Morgan fingerprint density at radius 2 is 2.00 bits per heavy atom. The number of amides is 1. The van der Waals surface area contributed by atoms with Crippen molar-refractivity contribution in [2.24, 2.45) is 0 Å². The van der Waals surface area contributed by atoms with Crippen LogP contribution in [-0.2, 0) is 16.1 Å². The van der Waals surface area contributed by atoms with Gasteiger partial charge in [0.15, 0.2) is 0 Å². The average Bonchev–Trinajstić information content (AvgIpc) is 3.42. The van der Waals surface area contributed by atoms with E-state index >= 15 is 0 Å². The van der Waals surface area contributed by atoms with Crippen molar-refractivity contribution >= 4 is 23.1 Å². The molecule has 1 N–H and O–H groups in total. The number of nitro groups is 1. The van der Waals surface area contributed by atoms with Gasteiger partial charge in [0.05, 0.1) is 22.9 Å². The van der Waals surface area contributed by atoms with Crippen LogP contribution in [0.1, 0.15) is 29.2 Å². The number of likely N-dealkylation sites (tertiary alicyclic amines) is 1. The second kappa shape index (κ2) is 9.26. The van der Waals surface area contributed by atoms with E-state index in [1.807, 2.05) is 4.57 Å². The zero-order valence-electron chi connectivity index (χ0n) is 18.2. The van der Waals surface area contributed by atoms with Gasteiger partial charge in [0, 0.05) is 43.2 Å². The number of hydrogen-bond acceptors (Lipinski definition) is 6. The number of carbonyl (C=O) groups is 2. The maximum atomic E-state index is 14.2. The van der Waals surface area contributed by atoms with Crippen LogP contribution < -0.4 is 0 Å². The lowest BCUT2D eigenvalue weighted by Crippen LogP contribution is -2.31. The van der Waals surface area contributed by atoms with Crippen molar-refractivity contribution in [1.29, 1.82) is 0 Å². The maximum absolute atomic E-state index is 14.2. The fourth-order valence-electron chi connectivity index (χ4n) is 4.00. The van der Waals surface area contributed by atoms with Crippen LogP contribution in [0.2, 0.25) is 0 Å². The van der Waals surface area contributed by atoms with E-state index in [-0.39, 0.29) is 23.4 Å². The summed E-state index contributed by atoms with van der Waals surface area (Å²) >= 11 is 0. The van der Waals surface area contributed by atoms with Crippen molar-refractivity contribution in [2.45, 2.75) is 25.9 Å². The molecule has 0 aliphatic carbocycles. The molecular formula is C24H21FN4O5. The van der Waals surface area contributed by atoms with Gasteiger partial charge in [-0.25, -0.2) is 9.37 Å². The minimum Gasteiger partial charge on any atom is -0.507 e. The van der Waals surface area contributed by atoms with Gasteiger partial charge in [-0.15, -0.1) is 0 Å². The summed E-state index contributed by atoms with van der Waals surface area (Å²) in [6, 6.07) is 8.49. The highest BCUT2D eigenvalue weighted by Crippen LogP contribution is 2.40. The first kappa shape index (κ1) is 22.8. The first-order valence-corrected chi connectivity index (χ1v) is 10.5. The Labute approximate surface area is 193 Å². The molecule has 0 bridgehead atoms. The third-order valence-electron chi connectivity index (χ3n) is 5.76. The Bertz CT molecular complexity index is 1300. The molecule has 1 aliphatic rings. The van der Waals surface area contributed by atoms with E-state index in [4.69, 9.17) is 0 Å². The summed E-state index contributed by atoms with van der Waals surface area (Å²) < 4.78 is 16.0. The summed E-state index contributed by atoms with van der Waals surface area (Å²) in [5.41, 5.74) is 0.228. The van der Waals surface area contributed by atoms with Crippen LogP contribution in [0.15, 0.2) is 66.8 Å². The number of non-ortho nitro benzene ring substituents is 1. The van der Waals surface area contributed by atoms with Crippen LogP contribution >= 0.6 is 0 Å². The summed E-state index contributed by atoms with van der Waals surface area (Å²) in [7, 11) is 0. The lowest BCUT2D eigenvalue weighted by Gasteiger charge is -2.25. The SMILES string of the molecule is Cc1ccc(C(O)=C2C(=O)C(=O)N(CCCn3ccnc3)[C@@H]2c2cccc([N+](=O)[O-])c2)cc1F. The van der Waals surface area contributed by atoms with Crippen molar-refractivity contribution in [3.63, 3.8) is 0 Å². The standard InChI is InChI=1S/C24H21FN4O5/c1-15-6-7-17(13-19(15)25)22(30)20-21(16-4-2-5-18(12-16)29(33)34)28(24(32)23(20)31)10-3-9-27-11-8-26-14-27/h2,4-8,11-14,21,30H,3,9-10H2,1H3/t21-/m1/s1. The molecule has 0 unspecified atom stereocenters. The number of carbonyl (C=O) groups excluding carboxylic acids is 2. The number of ketones is 1. The highest BCUT2D eigenvalue weighted by molar-refractivity contribution is 6.46. The molecule has 2 heterocycles. The molecule has 1 aromatic heterocycles. The van der Waals surface area contributed by atoms with Crippen molar-refractivity contribution in [2.75, 3.05) is 6.54 Å². The van der Waals surface area contributed by atoms with E-state index in [1.165, 1.54) is 35.2 Å². The molecule has 4 rings (SSSR count). The Kier molecular flexibility index (Phi) is 6.22. The highest BCUT2D eigenvalue weighted by Gasteiger charge is 2.46. The van der Waals surface area contributed by atoms with E-state index in [1.54, 1.807) is 31.7 Å². The van der Waals surface area contributed by atoms with Gasteiger partial charge >= 0.3 is 0 Å². The smallest absolute Gasteiger partial charge is 0.295 e. The van der Waals surface area contributed by atoms with Crippen LogP contribution in [0.5, 0.6) is 0 Å². The van der Waals surface area contributed by atoms with Crippen LogP contribution in [-0.4, -0.2) is 42.7 Å². The van der Waals surface area contributed by atoms with Gasteiger partial charge < -0.3 is 14.6 Å². The quantitative estimate of drug-likeness (QED) is 0.187. The number of rotatable bonds is 7. The molecule has 1 aliphatic heterocycles. The first-order valence-electron chi connectivity index (χ1n) is 10.5. The minimum absolute atomic E-state index is 0.0370. The Morgan fingerprint density at radius 1 is 1.21 bits per heavy atom. The summed E-state index contributed by atoms with van der Waals surface area (Å²) in [6.07, 6.45) is 5.47. The molecule has 1 fully saturated rings. The lowest BCUT2D eigenvalue weighted by molar-refractivity contribution is -0.384. The summed E-state index contributed by atoms with van der Waals surface area (Å²) in [6.45, 7) is 2.23. The predicted molar refractivity (Wildman–Crippen MR) is 120 cm³/mol. The lowest BCUT2D eigenvalue weighted by atomic mass is 9.94. The zero-order valence-corrected chi connectivity index (χ0v) is 18.2. The Balaban J connectivity index is 1.79. The molecule has 34 heavy (non-hydrogen) atoms. The van der Waals surface area contributed by atoms with Crippen LogP contribution in [0.3, 0.4) is 0 Å². The number of halogens is 1. The van der Waals surface area contributed by atoms with E-state index in [2.05, 4.69) is 4.98 Å². The Hall–Kier alpha value is -4.34. The first-order chi connectivity index (χ1) is 16.3. The van der Waals surface area contributed by atoms with Gasteiger partial charge in [-0.2, -0.15) is 0 Å². The fourth-order valence-corrected chi connectivity index (χ4v) is 4.00. The molecule has 2 aromatic carbocycles. The molecular weight excluding hydrogens is 443 g/mol. The minimum atomic E-state index is -1.06. The number of aromatic nitrogens is 2. The molecule has 0 radical (unpaired) electrons. The third kappa shape index (κ3) is 4.29. The number of nitro benzene ring substituents is 1. The Morgan fingerprint density at radius 3 is 2.68 bits per heavy atom. The van der Waals surface area contributed by atoms with Crippen LogP contribution in [0, 0.1) is 22.9 Å². The van der Waals surface area contributed by atoms with Crippen molar-refractivity contribution in [3.05, 3.63) is 99.4 Å². The molecule has 0 spiro atoms. The number of benzene rings is 2. The topological polar surface area (TPSA) is 119 Å². The zero-order chi connectivity index (χ0) is 24.4. The van der Waals surface area contributed by atoms with Gasteiger partial charge in [-0.1, -0.05) is 24.3 Å². The molecule has 1 saturated heterocycles. The van der Waals surface area contributed by atoms with Gasteiger partial charge in [0.25, 0.3) is 17.4 Å². The second-order valence-corrected chi connectivity index (χ2v) is 7.96. The van der Waals surface area contributed by atoms with Crippen LogP contribution in [0.4, 0.5) is 10.1 Å². The summed E-state index contributed by atoms with van der Waals surface area (Å²) in [4.78, 5) is 42.0. The van der Waals surface area contributed by atoms with Gasteiger partial charge in [0.1, 0.15) is 11.6 Å². The normalized spacial score (nSPS) is 17.4.